The van der Waals surface area contributed by atoms with Crippen LogP contribution in [0, 0.1) is 11.7 Å². The van der Waals surface area contributed by atoms with Crippen LogP contribution in [0.5, 0.6) is 0 Å². The number of carbonyl (C=O) groups is 2. The largest absolute Gasteiger partial charge is 0.371 e. The van der Waals surface area contributed by atoms with Crippen molar-refractivity contribution in [1.29, 1.82) is 0 Å². The molecule has 1 aliphatic heterocycles. The van der Waals surface area contributed by atoms with E-state index in [2.05, 4.69) is 43.1 Å². The topological polar surface area (TPSA) is 55.9 Å². The van der Waals surface area contributed by atoms with Crippen LogP contribution in [-0.2, 0) is 6.54 Å². The van der Waals surface area contributed by atoms with E-state index in [1.807, 2.05) is 18.2 Å². The van der Waals surface area contributed by atoms with Gasteiger partial charge in [0.1, 0.15) is 5.82 Å². The summed E-state index contributed by atoms with van der Waals surface area (Å²) in [6, 6.07) is 18.8. The highest BCUT2D eigenvalue weighted by Crippen LogP contribution is 2.30. The molecule has 1 heterocycles. The second-order valence-electron chi connectivity index (χ2n) is 11.0. The van der Waals surface area contributed by atoms with E-state index >= 15 is 0 Å². The lowest BCUT2D eigenvalue weighted by Crippen LogP contribution is -2.42. The summed E-state index contributed by atoms with van der Waals surface area (Å²) in [5.74, 6) is -0.611. The van der Waals surface area contributed by atoms with Crippen LogP contribution in [0.4, 0.5) is 15.8 Å². The van der Waals surface area contributed by atoms with Crippen LogP contribution in [0.15, 0.2) is 66.7 Å². The Morgan fingerprint density at radius 1 is 1.05 bits per heavy atom. The van der Waals surface area contributed by atoms with Crippen molar-refractivity contribution in [3.8, 4) is 0 Å². The Balaban J connectivity index is 1.67. The monoisotopic (exact) mass is 564 g/mol. The van der Waals surface area contributed by atoms with Gasteiger partial charge in [0.05, 0.1) is 10.6 Å². The van der Waals surface area contributed by atoms with Crippen LogP contribution in [0.2, 0.25) is 5.02 Å². The van der Waals surface area contributed by atoms with Gasteiger partial charge in [0.15, 0.2) is 0 Å². The molecule has 0 bridgehead atoms. The number of benzene rings is 3. The van der Waals surface area contributed by atoms with Crippen molar-refractivity contribution in [2.75, 3.05) is 43.9 Å². The number of hydrogen-bond donors (Lipinski definition) is 1. The Kier molecular flexibility index (Phi) is 9.82. The normalized spacial score (nSPS) is 14.3. The van der Waals surface area contributed by atoms with Crippen LogP contribution in [-0.4, -0.2) is 61.4 Å². The van der Waals surface area contributed by atoms with Gasteiger partial charge in [-0.05, 0) is 99.1 Å². The highest BCUT2D eigenvalue weighted by molar-refractivity contribution is 6.34. The predicted molar refractivity (Wildman–Crippen MR) is 161 cm³/mol. The quantitative estimate of drug-likeness (QED) is 0.320. The number of likely N-dealkylation sites (tertiary alicyclic amines) is 1. The van der Waals surface area contributed by atoms with Crippen LogP contribution >= 0.6 is 11.6 Å². The maximum atomic E-state index is 13.6. The fraction of sp³-hybridized carbons (Fsp3) is 0.375. The van der Waals surface area contributed by atoms with E-state index in [4.69, 9.17) is 11.6 Å². The van der Waals surface area contributed by atoms with Gasteiger partial charge in [0.2, 0.25) is 0 Å². The lowest BCUT2D eigenvalue weighted by atomic mass is 10.0. The summed E-state index contributed by atoms with van der Waals surface area (Å²) in [6.07, 6.45) is 2.09. The van der Waals surface area contributed by atoms with Crippen molar-refractivity contribution in [1.82, 2.24) is 9.80 Å². The van der Waals surface area contributed by atoms with Crippen molar-refractivity contribution in [2.24, 2.45) is 5.92 Å². The fourth-order valence-corrected chi connectivity index (χ4v) is 5.42. The molecule has 0 radical (unpaired) electrons. The minimum atomic E-state index is -0.379. The number of halogens is 2. The molecule has 212 valence electrons. The molecule has 2 amide bonds. The van der Waals surface area contributed by atoms with Gasteiger partial charge in [-0.1, -0.05) is 37.6 Å². The van der Waals surface area contributed by atoms with Crippen LogP contribution in [0.25, 0.3) is 0 Å². The molecule has 0 aromatic heterocycles. The number of nitrogens with one attached hydrogen (secondary N) is 1. The Labute approximate surface area is 241 Å². The highest BCUT2D eigenvalue weighted by Gasteiger charge is 2.25. The zero-order chi connectivity index (χ0) is 28.8. The van der Waals surface area contributed by atoms with Gasteiger partial charge in [-0.2, -0.15) is 0 Å². The Hall–Kier alpha value is -3.42. The molecule has 8 heteroatoms. The summed E-state index contributed by atoms with van der Waals surface area (Å²) in [4.78, 5) is 33.1. The van der Waals surface area contributed by atoms with E-state index in [0.29, 0.717) is 41.0 Å². The zero-order valence-corrected chi connectivity index (χ0v) is 24.4. The lowest BCUT2D eigenvalue weighted by Gasteiger charge is -2.38. The number of piperidine rings is 1. The SMILES string of the molecule is CC(C)CN(Cc1cc(NC(=O)c2ccccc2Cl)ccc1N(C)C1CCN(C)CC1)C(=O)c1ccc(F)cc1. The standard InChI is InChI=1S/C32H38ClFN4O2/c1-22(2)20-38(32(40)23-9-11-25(34)12-10-23)21-24-19-26(35-31(39)28-7-5-6-8-29(28)33)13-14-30(24)37(4)27-15-17-36(3)18-16-27/h5-14,19,22,27H,15-18,20-21H2,1-4H3,(H,35,39). The number of hydrogen-bond acceptors (Lipinski definition) is 4. The third-order valence-electron chi connectivity index (χ3n) is 7.40. The maximum absolute atomic E-state index is 13.6. The third-order valence-corrected chi connectivity index (χ3v) is 7.73. The molecule has 0 spiro atoms. The Morgan fingerprint density at radius 2 is 1.73 bits per heavy atom. The number of carbonyl (C=O) groups excluding carboxylic acids is 2. The third kappa shape index (κ3) is 7.40. The molecule has 1 fully saturated rings. The molecule has 1 N–H and O–H groups in total. The first-order chi connectivity index (χ1) is 19.1. The summed E-state index contributed by atoms with van der Waals surface area (Å²) < 4.78 is 13.6. The van der Waals surface area contributed by atoms with Gasteiger partial charge < -0.3 is 20.0 Å². The first-order valence-corrected chi connectivity index (χ1v) is 14.1. The first-order valence-electron chi connectivity index (χ1n) is 13.8. The van der Waals surface area contributed by atoms with E-state index in [1.165, 1.54) is 24.3 Å². The minimum Gasteiger partial charge on any atom is -0.371 e. The summed E-state index contributed by atoms with van der Waals surface area (Å²) in [7, 11) is 4.24. The zero-order valence-electron chi connectivity index (χ0n) is 23.7. The van der Waals surface area contributed by atoms with E-state index < -0.39 is 0 Å². The lowest BCUT2D eigenvalue weighted by molar-refractivity contribution is 0.0722. The molecular formula is C32H38ClFN4O2. The van der Waals surface area contributed by atoms with Crippen molar-refractivity contribution < 1.29 is 14.0 Å². The van der Waals surface area contributed by atoms with Gasteiger partial charge >= 0.3 is 0 Å². The molecule has 0 aliphatic carbocycles. The average molecular weight is 565 g/mol. The van der Waals surface area contributed by atoms with E-state index in [0.717, 1.165) is 37.2 Å². The molecule has 0 saturated carbocycles. The number of rotatable bonds is 9. The fourth-order valence-electron chi connectivity index (χ4n) is 5.20. The van der Waals surface area contributed by atoms with Crippen molar-refractivity contribution in [3.05, 3.63) is 94.3 Å². The number of anilines is 2. The molecular weight excluding hydrogens is 527 g/mol. The molecule has 0 atom stereocenters. The second-order valence-corrected chi connectivity index (χ2v) is 11.4. The van der Waals surface area contributed by atoms with Gasteiger partial charge in [0, 0.05) is 43.1 Å². The van der Waals surface area contributed by atoms with Crippen LogP contribution in [0.3, 0.4) is 0 Å². The summed E-state index contributed by atoms with van der Waals surface area (Å²) in [6.45, 7) is 7.06. The predicted octanol–water partition coefficient (Wildman–Crippen LogP) is 6.56. The molecule has 6 nitrogen and oxygen atoms in total. The van der Waals surface area contributed by atoms with E-state index in [9.17, 15) is 14.0 Å². The number of nitrogens with zero attached hydrogens (tertiary/aromatic N) is 3. The van der Waals surface area contributed by atoms with Crippen molar-refractivity contribution in [2.45, 2.75) is 39.3 Å². The van der Waals surface area contributed by atoms with Crippen LogP contribution in [0.1, 0.15) is 53.0 Å². The Morgan fingerprint density at radius 3 is 2.38 bits per heavy atom. The van der Waals surface area contributed by atoms with Gasteiger partial charge in [0.25, 0.3) is 11.8 Å². The minimum absolute atomic E-state index is 0.160. The molecule has 1 saturated heterocycles. The number of amides is 2. The first kappa shape index (κ1) is 29.6. The van der Waals surface area contributed by atoms with Gasteiger partial charge in [-0.15, -0.1) is 0 Å². The molecule has 0 unspecified atom stereocenters. The van der Waals surface area contributed by atoms with Gasteiger partial charge in [-0.3, -0.25) is 9.59 Å². The molecule has 4 rings (SSSR count). The average Bonchev–Trinajstić information content (AvgIpc) is 2.93. The maximum Gasteiger partial charge on any atom is 0.257 e. The molecule has 3 aromatic rings. The van der Waals surface area contributed by atoms with Crippen molar-refractivity contribution in [3.63, 3.8) is 0 Å². The summed E-state index contributed by atoms with van der Waals surface area (Å²) in [5.41, 5.74) is 3.40. The molecule has 40 heavy (non-hydrogen) atoms. The summed E-state index contributed by atoms with van der Waals surface area (Å²) >= 11 is 6.26. The second kappa shape index (κ2) is 13.3. The van der Waals surface area contributed by atoms with Crippen molar-refractivity contribution >= 4 is 34.8 Å². The molecule has 1 aliphatic rings. The highest BCUT2D eigenvalue weighted by atomic mass is 35.5. The smallest absolute Gasteiger partial charge is 0.257 e. The van der Waals surface area contributed by atoms with Crippen LogP contribution < -0.4 is 10.2 Å². The summed E-state index contributed by atoms with van der Waals surface area (Å²) in [5, 5.41) is 3.36. The molecule has 3 aromatic carbocycles. The Bertz CT molecular complexity index is 1320. The van der Waals surface area contributed by atoms with E-state index in [-0.39, 0.29) is 23.5 Å². The van der Waals surface area contributed by atoms with E-state index in [1.54, 1.807) is 29.2 Å². The van der Waals surface area contributed by atoms with Gasteiger partial charge in [-0.25, -0.2) is 4.39 Å².